The molecule has 1 aliphatic rings. The molecule has 3 N–H and O–H groups in total. The summed E-state index contributed by atoms with van der Waals surface area (Å²) >= 11 is 0. The molecule has 0 atom stereocenters. The average molecular weight is 326 g/mol. The molecule has 0 aliphatic carbocycles. The standard InChI is InChI=1S/C14H22N4O3S/c1-17-6-3-7-18(9-8-17)14(19)16-13-5-2-4-12(10-13)11-22(15,20)21/h2,4-5,10H,3,6-9,11H2,1H3,(H,16,19)(H2,15,20,21). The van der Waals surface area contributed by atoms with E-state index in [-0.39, 0.29) is 11.8 Å². The third kappa shape index (κ3) is 5.28. The van der Waals surface area contributed by atoms with Crippen LogP contribution < -0.4 is 10.5 Å². The minimum atomic E-state index is -3.58. The van der Waals surface area contributed by atoms with E-state index in [9.17, 15) is 13.2 Å². The molecule has 1 heterocycles. The molecular weight excluding hydrogens is 304 g/mol. The van der Waals surface area contributed by atoms with Gasteiger partial charge in [-0.2, -0.15) is 0 Å². The number of anilines is 1. The fraction of sp³-hybridized carbons (Fsp3) is 0.500. The minimum Gasteiger partial charge on any atom is -0.323 e. The van der Waals surface area contributed by atoms with Gasteiger partial charge in [-0.1, -0.05) is 12.1 Å². The second-order valence-corrected chi connectivity index (χ2v) is 7.20. The van der Waals surface area contributed by atoms with Gasteiger partial charge in [0.2, 0.25) is 10.0 Å². The largest absolute Gasteiger partial charge is 0.323 e. The van der Waals surface area contributed by atoms with E-state index in [2.05, 4.69) is 10.2 Å². The topological polar surface area (TPSA) is 95.7 Å². The number of nitrogens with zero attached hydrogens (tertiary/aromatic N) is 2. The van der Waals surface area contributed by atoms with Gasteiger partial charge >= 0.3 is 6.03 Å². The van der Waals surface area contributed by atoms with Crippen LogP contribution in [0.1, 0.15) is 12.0 Å². The molecule has 0 saturated carbocycles. The first-order valence-corrected chi connectivity index (χ1v) is 8.89. The molecule has 0 radical (unpaired) electrons. The van der Waals surface area contributed by atoms with Crippen LogP contribution in [0.15, 0.2) is 24.3 Å². The van der Waals surface area contributed by atoms with Gasteiger partial charge < -0.3 is 15.1 Å². The zero-order valence-corrected chi connectivity index (χ0v) is 13.5. The van der Waals surface area contributed by atoms with Crippen molar-refractivity contribution in [3.05, 3.63) is 29.8 Å². The lowest BCUT2D eigenvalue weighted by atomic mass is 10.2. The van der Waals surface area contributed by atoms with Crippen LogP contribution >= 0.6 is 0 Å². The zero-order chi connectivity index (χ0) is 16.2. The number of carbonyl (C=O) groups excluding carboxylic acids is 1. The van der Waals surface area contributed by atoms with Crippen LogP contribution in [0.2, 0.25) is 0 Å². The Kier molecular flexibility index (Phi) is 5.38. The molecule has 0 bridgehead atoms. The average Bonchev–Trinajstić information content (AvgIpc) is 2.62. The van der Waals surface area contributed by atoms with Crippen molar-refractivity contribution in [1.82, 2.24) is 9.80 Å². The van der Waals surface area contributed by atoms with Gasteiger partial charge in [0.25, 0.3) is 0 Å². The Balaban J connectivity index is 2.00. The van der Waals surface area contributed by atoms with Gasteiger partial charge in [0.15, 0.2) is 0 Å². The van der Waals surface area contributed by atoms with Gasteiger partial charge in [0.1, 0.15) is 0 Å². The van der Waals surface area contributed by atoms with Gasteiger partial charge in [0, 0.05) is 25.3 Å². The van der Waals surface area contributed by atoms with Crippen molar-refractivity contribution in [3.63, 3.8) is 0 Å². The predicted octanol–water partition coefficient (Wildman–Crippen LogP) is 0.645. The summed E-state index contributed by atoms with van der Waals surface area (Å²) in [4.78, 5) is 16.2. The van der Waals surface area contributed by atoms with Crippen molar-refractivity contribution >= 4 is 21.7 Å². The van der Waals surface area contributed by atoms with Crippen molar-refractivity contribution in [2.45, 2.75) is 12.2 Å². The number of hydrogen-bond donors (Lipinski definition) is 2. The molecule has 0 spiro atoms. The number of urea groups is 1. The number of nitrogens with two attached hydrogens (primary N) is 1. The molecular formula is C14H22N4O3S. The highest BCUT2D eigenvalue weighted by Gasteiger charge is 2.17. The SMILES string of the molecule is CN1CCCN(C(=O)Nc2cccc(CS(N)(=O)=O)c2)CC1. The number of rotatable bonds is 3. The lowest BCUT2D eigenvalue weighted by Crippen LogP contribution is -2.37. The summed E-state index contributed by atoms with van der Waals surface area (Å²) < 4.78 is 22.3. The van der Waals surface area contributed by atoms with E-state index in [1.165, 1.54) is 0 Å². The van der Waals surface area contributed by atoms with Crippen LogP contribution in [-0.2, 0) is 15.8 Å². The molecule has 1 aromatic rings. The van der Waals surface area contributed by atoms with Gasteiger partial charge in [0.05, 0.1) is 5.75 Å². The Bertz CT molecular complexity index is 633. The zero-order valence-electron chi connectivity index (χ0n) is 12.7. The highest BCUT2D eigenvalue weighted by Crippen LogP contribution is 2.14. The summed E-state index contributed by atoms with van der Waals surface area (Å²) in [6.45, 7) is 3.22. The molecule has 0 aromatic heterocycles. The molecule has 2 rings (SSSR count). The Hall–Kier alpha value is -1.64. The molecule has 1 aromatic carbocycles. The van der Waals surface area contributed by atoms with E-state index in [1.54, 1.807) is 29.2 Å². The maximum atomic E-state index is 12.3. The highest BCUT2D eigenvalue weighted by molar-refractivity contribution is 7.88. The first kappa shape index (κ1) is 16.7. The predicted molar refractivity (Wildman–Crippen MR) is 86.0 cm³/mol. The van der Waals surface area contributed by atoms with Crippen LogP contribution in [0, 0.1) is 0 Å². The monoisotopic (exact) mass is 326 g/mol. The fourth-order valence-electron chi connectivity index (χ4n) is 2.42. The van der Waals surface area contributed by atoms with Crippen molar-refractivity contribution in [2.75, 3.05) is 38.5 Å². The van der Waals surface area contributed by atoms with Gasteiger partial charge in [-0.15, -0.1) is 0 Å². The first-order chi connectivity index (χ1) is 10.3. The Morgan fingerprint density at radius 2 is 2.05 bits per heavy atom. The van der Waals surface area contributed by atoms with Crippen LogP contribution in [0.4, 0.5) is 10.5 Å². The van der Waals surface area contributed by atoms with Gasteiger partial charge in [-0.3, -0.25) is 0 Å². The molecule has 0 unspecified atom stereocenters. The van der Waals surface area contributed by atoms with Crippen molar-refractivity contribution in [3.8, 4) is 0 Å². The summed E-state index contributed by atoms with van der Waals surface area (Å²) in [5, 5.41) is 7.85. The Morgan fingerprint density at radius 1 is 1.27 bits per heavy atom. The summed E-state index contributed by atoms with van der Waals surface area (Å²) in [6.07, 6.45) is 0.940. The quantitative estimate of drug-likeness (QED) is 0.852. The number of primary sulfonamides is 1. The Morgan fingerprint density at radius 3 is 2.77 bits per heavy atom. The van der Waals surface area contributed by atoms with Crippen LogP contribution in [0.3, 0.4) is 0 Å². The number of carbonyl (C=O) groups is 1. The highest BCUT2D eigenvalue weighted by atomic mass is 32.2. The summed E-state index contributed by atoms with van der Waals surface area (Å²) in [5.74, 6) is -0.245. The van der Waals surface area contributed by atoms with E-state index >= 15 is 0 Å². The number of sulfonamides is 1. The molecule has 7 nitrogen and oxygen atoms in total. The first-order valence-electron chi connectivity index (χ1n) is 7.17. The van der Waals surface area contributed by atoms with Crippen molar-refractivity contribution in [2.24, 2.45) is 5.14 Å². The molecule has 8 heteroatoms. The molecule has 1 saturated heterocycles. The van der Waals surface area contributed by atoms with Crippen molar-refractivity contribution < 1.29 is 13.2 Å². The van der Waals surface area contributed by atoms with Crippen LogP contribution in [-0.4, -0.2) is 57.5 Å². The molecule has 122 valence electrons. The Labute approximate surface area is 131 Å². The minimum absolute atomic E-state index is 0.164. The van der Waals surface area contributed by atoms with Crippen LogP contribution in [0.5, 0.6) is 0 Å². The molecule has 1 aliphatic heterocycles. The lowest BCUT2D eigenvalue weighted by Gasteiger charge is -2.21. The molecule has 1 fully saturated rings. The number of hydrogen-bond acceptors (Lipinski definition) is 4. The third-order valence-electron chi connectivity index (χ3n) is 3.55. The normalized spacial score (nSPS) is 17.1. The number of benzene rings is 1. The number of amides is 2. The van der Waals surface area contributed by atoms with E-state index in [0.717, 1.165) is 19.5 Å². The fourth-order valence-corrected chi connectivity index (χ4v) is 3.07. The van der Waals surface area contributed by atoms with Gasteiger partial charge in [-0.05, 0) is 37.7 Å². The third-order valence-corrected chi connectivity index (χ3v) is 4.29. The van der Waals surface area contributed by atoms with Gasteiger partial charge in [-0.25, -0.2) is 18.4 Å². The second kappa shape index (κ2) is 7.08. The summed E-state index contributed by atoms with van der Waals surface area (Å²) in [7, 11) is -1.54. The van der Waals surface area contributed by atoms with E-state index in [0.29, 0.717) is 24.3 Å². The maximum Gasteiger partial charge on any atom is 0.321 e. The number of likely N-dealkylation sites (N-methyl/N-ethyl adjacent to an activating group) is 1. The van der Waals surface area contributed by atoms with E-state index in [1.807, 2.05) is 7.05 Å². The molecule has 2 amide bonds. The van der Waals surface area contributed by atoms with Crippen LogP contribution in [0.25, 0.3) is 0 Å². The summed E-state index contributed by atoms with van der Waals surface area (Å²) in [6, 6.07) is 6.57. The lowest BCUT2D eigenvalue weighted by molar-refractivity contribution is 0.213. The van der Waals surface area contributed by atoms with E-state index in [4.69, 9.17) is 5.14 Å². The molecule has 22 heavy (non-hydrogen) atoms. The second-order valence-electron chi connectivity index (χ2n) is 5.58. The summed E-state index contributed by atoms with van der Waals surface area (Å²) in [5.41, 5.74) is 1.12. The smallest absolute Gasteiger partial charge is 0.321 e. The van der Waals surface area contributed by atoms with E-state index < -0.39 is 10.0 Å². The maximum absolute atomic E-state index is 12.3. The number of nitrogens with one attached hydrogen (secondary N) is 1. The van der Waals surface area contributed by atoms with Crippen molar-refractivity contribution in [1.29, 1.82) is 0 Å².